The number of ether oxygens (including phenoxy) is 1. The zero-order valence-electron chi connectivity index (χ0n) is 13.4. The van der Waals surface area contributed by atoms with Crippen molar-refractivity contribution in [2.75, 3.05) is 7.11 Å². The van der Waals surface area contributed by atoms with E-state index in [2.05, 4.69) is 10.5 Å². The Morgan fingerprint density at radius 3 is 2.58 bits per heavy atom. The third-order valence-electron chi connectivity index (χ3n) is 3.35. The van der Waals surface area contributed by atoms with Crippen LogP contribution in [0.15, 0.2) is 53.6 Å². The van der Waals surface area contributed by atoms with Gasteiger partial charge in [0.05, 0.1) is 24.2 Å². The lowest BCUT2D eigenvalue weighted by Gasteiger charge is -2.04. The van der Waals surface area contributed by atoms with Crippen LogP contribution in [0.2, 0.25) is 0 Å². The fraction of sp³-hybridized carbons (Fsp3) is 0.176. The molecule has 0 aromatic heterocycles. The first-order chi connectivity index (χ1) is 11.5. The topological polar surface area (TPSA) is 93.8 Å². The van der Waals surface area contributed by atoms with Crippen LogP contribution < -0.4 is 10.2 Å². The van der Waals surface area contributed by atoms with E-state index < -0.39 is 4.92 Å². The van der Waals surface area contributed by atoms with Crippen LogP contribution in [-0.4, -0.2) is 23.7 Å². The number of carbonyl (C=O) groups is 1. The molecule has 2 aromatic rings. The van der Waals surface area contributed by atoms with Crippen LogP contribution >= 0.6 is 0 Å². The number of nitro groups is 1. The fourth-order valence-electron chi connectivity index (χ4n) is 2.02. The van der Waals surface area contributed by atoms with Crippen molar-refractivity contribution < 1.29 is 14.5 Å². The molecule has 124 valence electrons. The summed E-state index contributed by atoms with van der Waals surface area (Å²) in [6, 6.07) is 13.2. The van der Waals surface area contributed by atoms with Gasteiger partial charge in [-0.05, 0) is 24.6 Å². The lowest BCUT2D eigenvalue weighted by molar-refractivity contribution is -0.384. The minimum Gasteiger partial charge on any atom is -0.497 e. The SMILES string of the molecule is COc1ccc(CC(=O)N/N=C(/C)c2cccc([N+](=O)[O-])c2)cc1. The molecule has 0 saturated heterocycles. The molecule has 7 nitrogen and oxygen atoms in total. The van der Waals surface area contributed by atoms with Gasteiger partial charge >= 0.3 is 0 Å². The molecular formula is C17H17N3O4. The average molecular weight is 327 g/mol. The minimum absolute atomic E-state index is 0.0217. The van der Waals surface area contributed by atoms with E-state index >= 15 is 0 Å². The molecule has 2 aromatic carbocycles. The third kappa shape index (κ3) is 4.64. The number of carbonyl (C=O) groups excluding carboxylic acids is 1. The largest absolute Gasteiger partial charge is 0.497 e. The van der Waals surface area contributed by atoms with Crippen LogP contribution in [0.4, 0.5) is 5.69 Å². The first-order valence-corrected chi connectivity index (χ1v) is 7.20. The molecule has 0 fully saturated rings. The zero-order valence-corrected chi connectivity index (χ0v) is 13.4. The predicted octanol–water partition coefficient (Wildman–Crippen LogP) is 2.69. The Hall–Kier alpha value is -3.22. The van der Waals surface area contributed by atoms with Gasteiger partial charge in [-0.2, -0.15) is 5.10 Å². The van der Waals surface area contributed by atoms with Gasteiger partial charge in [0.25, 0.3) is 5.69 Å². The van der Waals surface area contributed by atoms with Crippen LogP contribution in [0.5, 0.6) is 5.75 Å². The van der Waals surface area contributed by atoms with Crippen LogP contribution in [0.1, 0.15) is 18.1 Å². The highest BCUT2D eigenvalue weighted by molar-refractivity contribution is 5.99. The monoisotopic (exact) mass is 327 g/mol. The van der Waals surface area contributed by atoms with E-state index in [4.69, 9.17) is 4.74 Å². The molecule has 0 radical (unpaired) electrons. The number of nitro benzene ring substituents is 1. The molecule has 0 unspecified atom stereocenters. The van der Waals surface area contributed by atoms with Gasteiger partial charge in [-0.25, -0.2) is 5.43 Å². The maximum atomic E-state index is 11.9. The molecule has 1 amide bonds. The van der Waals surface area contributed by atoms with E-state index in [-0.39, 0.29) is 18.0 Å². The van der Waals surface area contributed by atoms with Gasteiger partial charge < -0.3 is 4.74 Å². The molecular weight excluding hydrogens is 310 g/mol. The normalized spacial score (nSPS) is 11.0. The smallest absolute Gasteiger partial charge is 0.270 e. The first-order valence-electron chi connectivity index (χ1n) is 7.20. The van der Waals surface area contributed by atoms with E-state index in [0.29, 0.717) is 11.3 Å². The summed E-state index contributed by atoms with van der Waals surface area (Å²) in [7, 11) is 1.58. The van der Waals surface area contributed by atoms with E-state index in [1.54, 1.807) is 50.4 Å². The molecule has 0 aliphatic heterocycles. The summed E-state index contributed by atoms with van der Waals surface area (Å²) < 4.78 is 5.06. The molecule has 0 saturated carbocycles. The maximum Gasteiger partial charge on any atom is 0.270 e. The summed E-state index contributed by atoms with van der Waals surface area (Å²) in [5, 5.41) is 14.8. The van der Waals surface area contributed by atoms with Crippen LogP contribution in [-0.2, 0) is 11.2 Å². The molecule has 0 aliphatic rings. The summed E-state index contributed by atoms with van der Waals surface area (Å²) in [4.78, 5) is 22.2. The number of hydrogen-bond donors (Lipinski definition) is 1. The summed E-state index contributed by atoms with van der Waals surface area (Å²) in [6.07, 6.45) is 0.176. The summed E-state index contributed by atoms with van der Waals surface area (Å²) in [6.45, 7) is 1.67. The second-order valence-corrected chi connectivity index (χ2v) is 5.06. The van der Waals surface area contributed by atoms with Crippen LogP contribution in [0, 0.1) is 10.1 Å². The predicted molar refractivity (Wildman–Crippen MR) is 90.1 cm³/mol. The average Bonchev–Trinajstić information content (AvgIpc) is 2.60. The van der Waals surface area contributed by atoms with Gasteiger partial charge in [0.2, 0.25) is 5.91 Å². The number of rotatable bonds is 6. The Morgan fingerprint density at radius 1 is 1.25 bits per heavy atom. The second kappa shape index (κ2) is 7.87. The van der Waals surface area contributed by atoms with Gasteiger partial charge in [0, 0.05) is 17.7 Å². The molecule has 7 heteroatoms. The quantitative estimate of drug-likeness (QED) is 0.501. The molecule has 0 aliphatic carbocycles. The van der Waals surface area contributed by atoms with Crippen molar-refractivity contribution in [3.63, 3.8) is 0 Å². The lowest BCUT2D eigenvalue weighted by atomic mass is 10.1. The number of non-ortho nitro benzene ring substituents is 1. The fourth-order valence-corrected chi connectivity index (χ4v) is 2.02. The van der Waals surface area contributed by atoms with Gasteiger partial charge in [-0.15, -0.1) is 0 Å². The first kappa shape index (κ1) is 17.1. The zero-order chi connectivity index (χ0) is 17.5. The van der Waals surface area contributed by atoms with E-state index in [9.17, 15) is 14.9 Å². The number of benzene rings is 2. The highest BCUT2D eigenvalue weighted by Crippen LogP contribution is 2.14. The Balaban J connectivity index is 1.99. The maximum absolute atomic E-state index is 11.9. The Kier molecular flexibility index (Phi) is 5.62. The molecule has 1 N–H and O–H groups in total. The van der Waals surface area contributed by atoms with Crippen molar-refractivity contribution in [3.05, 3.63) is 69.8 Å². The number of hydrogen-bond acceptors (Lipinski definition) is 5. The van der Waals surface area contributed by atoms with Crippen LogP contribution in [0.3, 0.4) is 0 Å². The molecule has 24 heavy (non-hydrogen) atoms. The number of methoxy groups -OCH3 is 1. The highest BCUT2D eigenvalue weighted by Gasteiger charge is 2.08. The Labute approximate surface area is 139 Å². The summed E-state index contributed by atoms with van der Waals surface area (Å²) in [5.41, 5.74) is 4.33. The highest BCUT2D eigenvalue weighted by atomic mass is 16.6. The third-order valence-corrected chi connectivity index (χ3v) is 3.35. The Bertz CT molecular complexity index is 770. The van der Waals surface area contributed by atoms with Crippen molar-refractivity contribution >= 4 is 17.3 Å². The van der Waals surface area contributed by atoms with Crippen LogP contribution in [0.25, 0.3) is 0 Å². The molecule has 0 bridgehead atoms. The molecule has 2 rings (SSSR count). The standard InChI is InChI=1S/C17H17N3O4/c1-12(14-4-3-5-15(11-14)20(22)23)18-19-17(21)10-13-6-8-16(24-2)9-7-13/h3-9,11H,10H2,1-2H3,(H,19,21)/b18-12-. The molecule has 0 heterocycles. The van der Waals surface area contributed by atoms with Gasteiger partial charge in [0.1, 0.15) is 5.75 Å². The van der Waals surface area contributed by atoms with E-state index in [1.807, 2.05) is 0 Å². The molecule has 0 atom stereocenters. The van der Waals surface area contributed by atoms with Gasteiger partial charge in [-0.3, -0.25) is 14.9 Å². The lowest BCUT2D eigenvalue weighted by Crippen LogP contribution is -2.21. The Morgan fingerprint density at radius 2 is 1.96 bits per heavy atom. The molecule has 0 spiro atoms. The van der Waals surface area contributed by atoms with E-state index in [0.717, 1.165) is 11.3 Å². The van der Waals surface area contributed by atoms with Crippen molar-refractivity contribution in [1.29, 1.82) is 0 Å². The van der Waals surface area contributed by atoms with Crippen molar-refractivity contribution in [2.45, 2.75) is 13.3 Å². The summed E-state index contributed by atoms with van der Waals surface area (Å²) in [5.74, 6) is 0.448. The van der Waals surface area contributed by atoms with Gasteiger partial charge in [0.15, 0.2) is 0 Å². The number of amides is 1. The minimum atomic E-state index is -0.473. The van der Waals surface area contributed by atoms with Gasteiger partial charge in [-0.1, -0.05) is 24.3 Å². The number of hydrazone groups is 1. The van der Waals surface area contributed by atoms with Crippen molar-refractivity contribution in [1.82, 2.24) is 5.43 Å². The van der Waals surface area contributed by atoms with Crippen molar-refractivity contribution in [2.24, 2.45) is 5.10 Å². The van der Waals surface area contributed by atoms with E-state index in [1.165, 1.54) is 12.1 Å². The number of nitrogens with zero attached hydrogens (tertiary/aromatic N) is 2. The van der Waals surface area contributed by atoms with Crippen molar-refractivity contribution in [3.8, 4) is 5.75 Å². The summed E-state index contributed by atoms with van der Waals surface area (Å²) >= 11 is 0. The second-order valence-electron chi connectivity index (χ2n) is 5.06. The number of nitrogens with one attached hydrogen (secondary N) is 1.